The van der Waals surface area contributed by atoms with Gasteiger partial charge in [0.1, 0.15) is 18.7 Å². The average molecular weight is 343 g/mol. The molecular weight excluding hydrogens is 318 g/mol. The maximum absolute atomic E-state index is 11.6. The first kappa shape index (κ1) is 16.3. The first-order valence-corrected chi connectivity index (χ1v) is 9.28. The van der Waals surface area contributed by atoms with Gasteiger partial charge in [0.2, 0.25) is 0 Å². The van der Waals surface area contributed by atoms with Crippen LogP contribution in [0.4, 0.5) is 5.82 Å². The van der Waals surface area contributed by atoms with Crippen molar-refractivity contribution in [2.75, 3.05) is 18.6 Å². The van der Waals surface area contributed by atoms with Crippen LogP contribution in [0.25, 0.3) is 11.0 Å². The number of esters is 1. The highest BCUT2D eigenvalue weighted by molar-refractivity contribution is 5.87. The number of fused-ring (bicyclic) bond motifs is 2. The van der Waals surface area contributed by atoms with Gasteiger partial charge in [-0.1, -0.05) is 19.3 Å². The summed E-state index contributed by atoms with van der Waals surface area (Å²) in [5.74, 6) is 1.42. The van der Waals surface area contributed by atoms with Crippen LogP contribution in [0.3, 0.4) is 0 Å². The van der Waals surface area contributed by atoms with Crippen LogP contribution in [0.5, 0.6) is 0 Å². The standard InChI is InChI=1S/C18H25N5O2/c1-25-16(24)11-23-18-14(10-21-23)17(19-12-20-18)22-9-5-4-7-13-6-2-3-8-15(13)22/h10,12-13,15H,2-9,11H2,1H3/t13-,15-/m0/s1. The number of rotatable bonds is 3. The minimum atomic E-state index is -0.327. The maximum Gasteiger partial charge on any atom is 0.327 e. The summed E-state index contributed by atoms with van der Waals surface area (Å²) in [5.41, 5.74) is 0.701. The van der Waals surface area contributed by atoms with Gasteiger partial charge in [-0.05, 0) is 31.6 Å². The third-order valence-electron chi connectivity index (χ3n) is 5.68. The number of carbonyl (C=O) groups excluding carboxylic acids is 1. The molecular formula is C18H25N5O2. The van der Waals surface area contributed by atoms with E-state index in [1.807, 2.05) is 0 Å². The molecule has 1 aliphatic carbocycles. The van der Waals surface area contributed by atoms with Crippen molar-refractivity contribution in [1.29, 1.82) is 0 Å². The highest BCUT2D eigenvalue weighted by Gasteiger charge is 2.33. The molecule has 0 radical (unpaired) electrons. The van der Waals surface area contributed by atoms with Gasteiger partial charge in [-0.2, -0.15) is 5.10 Å². The molecule has 2 atom stereocenters. The zero-order valence-corrected chi connectivity index (χ0v) is 14.7. The molecule has 0 aromatic carbocycles. The predicted molar refractivity (Wildman–Crippen MR) is 94.3 cm³/mol. The summed E-state index contributed by atoms with van der Waals surface area (Å²) >= 11 is 0. The predicted octanol–water partition coefficient (Wildman–Crippen LogP) is 2.55. The van der Waals surface area contributed by atoms with Crippen LogP contribution in [0.1, 0.15) is 44.9 Å². The van der Waals surface area contributed by atoms with E-state index in [4.69, 9.17) is 4.74 Å². The maximum atomic E-state index is 11.6. The van der Waals surface area contributed by atoms with Gasteiger partial charge < -0.3 is 9.64 Å². The van der Waals surface area contributed by atoms with Crippen molar-refractivity contribution in [3.05, 3.63) is 12.5 Å². The van der Waals surface area contributed by atoms with E-state index >= 15 is 0 Å². The highest BCUT2D eigenvalue weighted by atomic mass is 16.5. The number of hydrogen-bond donors (Lipinski definition) is 0. The Balaban J connectivity index is 1.71. The topological polar surface area (TPSA) is 73.1 Å². The summed E-state index contributed by atoms with van der Waals surface area (Å²) in [7, 11) is 1.38. The number of hydrogen-bond acceptors (Lipinski definition) is 6. The Morgan fingerprint density at radius 3 is 2.84 bits per heavy atom. The fraction of sp³-hybridized carbons (Fsp3) is 0.667. The summed E-state index contributed by atoms with van der Waals surface area (Å²) in [6.07, 6.45) is 12.4. The van der Waals surface area contributed by atoms with Crippen LogP contribution in [-0.4, -0.2) is 45.4 Å². The van der Waals surface area contributed by atoms with Gasteiger partial charge in [0.25, 0.3) is 0 Å². The van der Waals surface area contributed by atoms with Crippen molar-refractivity contribution in [3.8, 4) is 0 Å². The van der Waals surface area contributed by atoms with Crippen molar-refractivity contribution in [2.24, 2.45) is 5.92 Å². The number of ether oxygens (including phenoxy) is 1. The van der Waals surface area contributed by atoms with Crippen LogP contribution in [-0.2, 0) is 16.1 Å². The second kappa shape index (κ2) is 6.98. The third kappa shape index (κ3) is 3.07. The van der Waals surface area contributed by atoms with Crippen molar-refractivity contribution >= 4 is 22.8 Å². The molecule has 25 heavy (non-hydrogen) atoms. The third-order valence-corrected chi connectivity index (χ3v) is 5.68. The van der Waals surface area contributed by atoms with E-state index in [0.29, 0.717) is 11.7 Å². The van der Waals surface area contributed by atoms with E-state index in [9.17, 15) is 4.79 Å². The number of aromatic nitrogens is 4. The van der Waals surface area contributed by atoms with Crippen molar-refractivity contribution < 1.29 is 9.53 Å². The second-order valence-corrected chi connectivity index (χ2v) is 7.11. The first-order valence-electron chi connectivity index (χ1n) is 9.28. The van der Waals surface area contributed by atoms with Gasteiger partial charge in [-0.3, -0.25) is 4.79 Å². The van der Waals surface area contributed by atoms with E-state index in [1.54, 1.807) is 17.2 Å². The summed E-state index contributed by atoms with van der Waals surface area (Å²) in [5, 5.41) is 5.28. The van der Waals surface area contributed by atoms with Gasteiger partial charge >= 0.3 is 5.97 Å². The Kier molecular flexibility index (Phi) is 4.55. The van der Waals surface area contributed by atoms with E-state index < -0.39 is 0 Å². The number of nitrogens with zero attached hydrogens (tertiary/aromatic N) is 5. The molecule has 3 heterocycles. The fourth-order valence-corrected chi connectivity index (χ4v) is 4.46. The Morgan fingerprint density at radius 1 is 1.20 bits per heavy atom. The molecule has 4 rings (SSSR count). The molecule has 134 valence electrons. The molecule has 1 aliphatic heterocycles. The second-order valence-electron chi connectivity index (χ2n) is 7.11. The average Bonchev–Trinajstić information content (AvgIpc) is 2.93. The molecule has 0 unspecified atom stereocenters. The Labute approximate surface area is 147 Å². The normalized spacial score (nSPS) is 24.0. The van der Waals surface area contributed by atoms with Gasteiger partial charge in [0, 0.05) is 12.6 Å². The van der Waals surface area contributed by atoms with E-state index in [0.717, 1.165) is 23.7 Å². The molecule has 2 aliphatic rings. The SMILES string of the molecule is COC(=O)Cn1ncc2c(N3CCCC[C@@H]4CCCC[C@@H]43)ncnc21. The molecule has 7 heteroatoms. The quantitative estimate of drug-likeness (QED) is 0.798. The lowest BCUT2D eigenvalue weighted by Gasteiger charge is -2.39. The summed E-state index contributed by atoms with van der Waals surface area (Å²) < 4.78 is 6.35. The Morgan fingerprint density at radius 2 is 2.00 bits per heavy atom. The van der Waals surface area contributed by atoms with E-state index in [1.165, 1.54) is 52.1 Å². The molecule has 2 aromatic heterocycles. The van der Waals surface area contributed by atoms with E-state index in [2.05, 4.69) is 20.0 Å². The summed E-state index contributed by atoms with van der Waals surface area (Å²) in [6, 6.07) is 0.568. The van der Waals surface area contributed by atoms with Crippen LogP contribution >= 0.6 is 0 Å². The number of carbonyl (C=O) groups is 1. The molecule has 2 aromatic rings. The molecule has 0 bridgehead atoms. The lowest BCUT2D eigenvalue weighted by Crippen LogP contribution is -2.42. The molecule has 7 nitrogen and oxygen atoms in total. The van der Waals surface area contributed by atoms with Gasteiger partial charge in [-0.25, -0.2) is 14.6 Å². The highest BCUT2D eigenvalue weighted by Crippen LogP contribution is 2.38. The van der Waals surface area contributed by atoms with Crippen LogP contribution in [0, 0.1) is 5.92 Å². The Hall–Kier alpha value is -2.18. The van der Waals surface area contributed by atoms with Crippen LogP contribution < -0.4 is 4.90 Å². The van der Waals surface area contributed by atoms with Gasteiger partial charge in [-0.15, -0.1) is 0 Å². The molecule has 2 fully saturated rings. The zero-order chi connectivity index (χ0) is 17.2. The minimum Gasteiger partial charge on any atom is -0.468 e. The first-order chi connectivity index (χ1) is 12.3. The summed E-state index contributed by atoms with van der Waals surface area (Å²) in [6.45, 7) is 1.11. The van der Waals surface area contributed by atoms with E-state index in [-0.39, 0.29) is 12.5 Å². The monoisotopic (exact) mass is 343 g/mol. The molecule has 1 saturated carbocycles. The molecule has 0 spiro atoms. The Bertz CT molecular complexity index is 759. The zero-order valence-electron chi connectivity index (χ0n) is 14.7. The van der Waals surface area contributed by atoms with Crippen molar-refractivity contribution in [1.82, 2.24) is 19.7 Å². The smallest absolute Gasteiger partial charge is 0.327 e. The van der Waals surface area contributed by atoms with Crippen LogP contribution in [0.15, 0.2) is 12.5 Å². The van der Waals surface area contributed by atoms with Gasteiger partial charge in [0.05, 0.1) is 18.7 Å². The largest absolute Gasteiger partial charge is 0.468 e. The minimum absolute atomic E-state index is 0.0719. The molecule has 0 amide bonds. The molecule has 0 N–H and O–H groups in total. The molecule has 1 saturated heterocycles. The number of anilines is 1. The lowest BCUT2D eigenvalue weighted by atomic mass is 9.81. The fourth-order valence-electron chi connectivity index (χ4n) is 4.46. The van der Waals surface area contributed by atoms with Crippen molar-refractivity contribution in [3.63, 3.8) is 0 Å². The van der Waals surface area contributed by atoms with Crippen LogP contribution in [0.2, 0.25) is 0 Å². The number of methoxy groups -OCH3 is 1. The summed E-state index contributed by atoms with van der Waals surface area (Å²) in [4.78, 5) is 23.1. The van der Waals surface area contributed by atoms with Crippen molar-refractivity contribution in [2.45, 2.75) is 57.5 Å². The van der Waals surface area contributed by atoms with Gasteiger partial charge in [0.15, 0.2) is 5.65 Å². The lowest BCUT2D eigenvalue weighted by molar-refractivity contribution is -0.141.